The predicted octanol–water partition coefficient (Wildman–Crippen LogP) is 2.79. The third kappa shape index (κ3) is 5.39. The predicted molar refractivity (Wildman–Crippen MR) is 105 cm³/mol. The van der Waals surface area contributed by atoms with Crippen LogP contribution >= 0.6 is 0 Å². The second kappa shape index (κ2) is 9.46. The van der Waals surface area contributed by atoms with Crippen LogP contribution in [0.25, 0.3) is 0 Å². The number of amides is 1. The molecule has 6 heteroatoms. The highest BCUT2D eigenvalue weighted by molar-refractivity contribution is 5.97. The van der Waals surface area contributed by atoms with Crippen molar-refractivity contribution in [1.29, 1.82) is 0 Å². The van der Waals surface area contributed by atoms with Crippen molar-refractivity contribution < 1.29 is 18.7 Å². The first kappa shape index (κ1) is 20.0. The van der Waals surface area contributed by atoms with Gasteiger partial charge in [0.25, 0.3) is 0 Å². The Morgan fingerprint density at radius 3 is 2.39 bits per heavy atom. The number of hydrogen-bond acceptors (Lipinski definition) is 4. The monoisotopic (exact) mass is 384 g/mol. The van der Waals surface area contributed by atoms with E-state index < -0.39 is 0 Å². The minimum atomic E-state index is -0.278. The van der Waals surface area contributed by atoms with E-state index in [1.165, 1.54) is 12.1 Å². The Hall–Kier alpha value is -2.73. The summed E-state index contributed by atoms with van der Waals surface area (Å²) < 4.78 is 18.3. The molecule has 0 spiro atoms. The smallest absolute Gasteiger partial charge is 0.222 e. The van der Waals surface area contributed by atoms with Gasteiger partial charge in [0.1, 0.15) is 11.6 Å². The van der Waals surface area contributed by atoms with Gasteiger partial charge in [0, 0.05) is 38.2 Å². The Morgan fingerprint density at radius 1 is 1.04 bits per heavy atom. The van der Waals surface area contributed by atoms with Crippen molar-refractivity contribution in [2.75, 3.05) is 39.8 Å². The number of rotatable bonds is 7. The summed E-state index contributed by atoms with van der Waals surface area (Å²) in [6, 6.07) is 13.5. The largest absolute Gasteiger partial charge is 0.497 e. The highest BCUT2D eigenvalue weighted by Crippen LogP contribution is 2.13. The molecule has 0 bridgehead atoms. The van der Waals surface area contributed by atoms with Crippen LogP contribution < -0.4 is 4.74 Å². The number of Topliss-reactive ketones (excluding diaryl/α,β-unsaturated/α-hetero) is 1. The number of ether oxygens (including phenoxy) is 1. The number of methoxy groups -OCH3 is 1. The summed E-state index contributed by atoms with van der Waals surface area (Å²) >= 11 is 0. The second-order valence-electron chi connectivity index (χ2n) is 6.94. The summed E-state index contributed by atoms with van der Waals surface area (Å²) in [5.41, 5.74) is 1.49. The summed E-state index contributed by atoms with van der Waals surface area (Å²) in [7, 11) is 1.59. The lowest BCUT2D eigenvalue weighted by Crippen LogP contribution is -2.49. The Bertz CT molecular complexity index is 815. The fourth-order valence-corrected chi connectivity index (χ4v) is 3.33. The first-order valence-electron chi connectivity index (χ1n) is 9.47. The lowest BCUT2D eigenvalue weighted by molar-refractivity contribution is -0.132. The van der Waals surface area contributed by atoms with Gasteiger partial charge in [-0.15, -0.1) is 0 Å². The number of piperazine rings is 1. The lowest BCUT2D eigenvalue weighted by Gasteiger charge is -2.34. The molecule has 0 unspecified atom stereocenters. The zero-order chi connectivity index (χ0) is 19.9. The van der Waals surface area contributed by atoms with Gasteiger partial charge >= 0.3 is 0 Å². The molecule has 3 rings (SSSR count). The van der Waals surface area contributed by atoms with E-state index in [-0.39, 0.29) is 17.5 Å². The van der Waals surface area contributed by atoms with Crippen LogP contribution in [0.1, 0.15) is 22.3 Å². The molecule has 0 radical (unpaired) electrons. The molecule has 0 atom stereocenters. The van der Waals surface area contributed by atoms with Gasteiger partial charge in [-0.25, -0.2) is 4.39 Å². The molecular formula is C22H25FN2O3. The molecule has 1 aliphatic heterocycles. The SMILES string of the molecule is COc1ccc(C(=O)CN2CCN(C(=O)CCc3cccc(F)c3)CC2)cc1. The Kier molecular flexibility index (Phi) is 6.76. The van der Waals surface area contributed by atoms with E-state index in [2.05, 4.69) is 4.90 Å². The molecule has 1 saturated heterocycles. The number of benzene rings is 2. The van der Waals surface area contributed by atoms with Crippen LogP contribution in [0, 0.1) is 5.82 Å². The fraction of sp³-hybridized carbons (Fsp3) is 0.364. The van der Waals surface area contributed by atoms with Crippen molar-refractivity contribution >= 4 is 11.7 Å². The van der Waals surface area contributed by atoms with Crippen LogP contribution in [-0.4, -0.2) is 61.3 Å². The van der Waals surface area contributed by atoms with Crippen LogP contribution in [-0.2, 0) is 11.2 Å². The average Bonchev–Trinajstić information content (AvgIpc) is 2.72. The number of carbonyl (C=O) groups is 2. The molecule has 2 aromatic rings. The van der Waals surface area contributed by atoms with Gasteiger partial charge in [0.15, 0.2) is 5.78 Å². The summed E-state index contributed by atoms with van der Waals surface area (Å²) in [4.78, 5) is 28.7. The van der Waals surface area contributed by atoms with E-state index in [1.807, 2.05) is 11.0 Å². The molecule has 0 N–H and O–H groups in total. The van der Waals surface area contributed by atoms with E-state index >= 15 is 0 Å². The third-order valence-electron chi connectivity index (χ3n) is 5.02. The maximum Gasteiger partial charge on any atom is 0.222 e. The van der Waals surface area contributed by atoms with E-state index in [1.54, 1.807) is 37.4 Å². The fourth-order valence-electron chi connectivity index (χ4n) is 3.33. The van der Waals surface area contributed by atoms with E-state index in [0.717, 1.165) is 11.3 Å². The molecule has 0 aromatic heterocycles. The molecule has 1 heterocycles. The molecule has 1 aliphatic rings. The maximum absolute atomic E-state index is 13.2. The Labute approximate surface area is 164 Å². The molecular weight excluding hydrogens is 359 g/mol. The molecule has 2 aromatic carbocycles. The summed E-state index contributed by atoms with van der Waals surface area (Å²) in [6.07, 6.45) is 0.904. The molecule has 1 fully saturated rings. The van der Waals surface area contributed by atoms with E-state index in [4.69, 9.17) is 4.74 Å². The number of ketones is 1. The number of carbonyl (C=O) groups excluding carboxylic acids is 2. The van der Waals surface area contributed by atoms with Crippen molar-refractivity contribution in [3.8, 4) is 5.75 Å². The van der Waals surface area contributed by atoms with Crippen molar-refractivity contribution in [1.82, 2.24) is 9.80 Å². The quantitative estimate of drug-likeness (QED) is 0.689. The van der Waals surface area contributed by atoms with Crippen molar-refractivity contribution in [3.05, 3.63) is 65.5 Å². The topological polar surface area (TPSA) is 49.9 Å². The minimum Gasteiger partial charge on any atom is -0.497 e. The standard InChI is InChI=1S/C22H25FN2O3/c1-28-20-8-6-18(7-9-20)21(26)16-24-11-13-25(14-12-24)22(27)10-5-17-3-2-4-19(23)15-17/h2-4,6-9,15H,5,10-14,16H2,1H3. The summed E-state index contributed by atoms with van der Waals surface area (Å²) in [5.74, 6) is 0.584. The van der Waals surface area contributed by atoms with Gasteiger partial charge in [-0.2, -0.15) is 0 Å². The Morgan fingerprint density at radius 2 is 1.75 bits per heavy atom. The Balaban J connectivity index is 1.43. The van der Waals surface area contributed by atoms with Gasteiger partial charge < -0.3 is 9.64 Å². The molecule has 148 valence electrons. The van der Waals surface area contributed by atoms with Gasteiger partial charge in [0.05, 0.1) is 13.7 Å². The van der Waals surface area contributed by atoms with Crippen LogP contribution in [0.3, 0.4) is 0 Å². The summed E-state index contributed by atoms with van der Waals surface area (Å²) in [5, 5.41) is 0. The third-order valence-corrected chi connectivity index (χ3v) is 5.02. The van der Waals surface area contributed by atoms with Gasteiger partial charge in [-0.05, 0) is 48.4 Å². The molecule has 28 heavy (non-hydrogen) atoms. The summed E-state index contributed by atoms with van der Waals surface area (Å²) in [6.45, 7) is 2.91. The minimum absolute atomic E-state index is 0.0635. The number of halogens is 1. The van der Waals surface area contributed by atoms with Crippen LogP contribution in [0.5, 0.6) is 5.75 Å². The molecule has 0 saturated carbocycles. The van der Waals surface area contributed by atoms with Gasteiger partial charge in [-0.1, -0.05) is 12.1 Å². The number of hydrogen-bond donors (Lipinski definition) is 0. The van der Waals surface area contributed by atoms with Crippen molar-refractivity contribution in [2.24, 2.45) is 0 Å². The van der Waals surface area contributed by atoms with Crippen LogP contribution in [0.2, 0.25) is 0 Å². The lowest BCUT2D eigenvalue weighted by atomic mass is 10.1. The van der Waals surface area contributed by atoms with E-state index in [9.17, 15) is 14.0 Å². The van der Waals surface area contributed by atoms with Crippen LogP contribution in [0.15, 0.2) is 48.5 Å². The molecule has 1 amide bonds. The van der Waals surface area contributed by atoms with Gasteiger partial charge in [-0.3, -0.25) is 14.5 Å². The van der Waals surface area contributed by atoms with Crippen molar-refractivity contribution in [2.45, 2.75) is 12.8 Å². The highest BCUT2D eigenvalue weighted by Gasteiger charge is 2.22. The van der Waals surface area contributed by atoms with Gasteiger partial charge in [0.2, 0.25) is 5.91 Å². The average molecular weight is 384 g/mol. The number of nitrogens with zero attached hydrogens (tertiary/aromatic N) is 2. The first-order valence-corrected chi connectivity index (χ1v) is 9.47. The first-order chi connectivity index (χ1) is 13.5. The zero-order valence-corrected chi connectivity index (χ0v) is 16.1. The molecule has 0 aliphatic carbocycles. The normalized spacial score (nSPS) is 14.7. The zero-order valence-electron chi connectivity index (χ0n) is 16.1. The second-order valence-corrected chi connectivity index (χ2v) is 6.94. The van der Waals surface area contributed by atoms with E-state index in [0.29, 0.717) is 51.1 Å². The van der Waals surface area contributed by atoms with Crippen LogP contribution in [0.4, 0.5) is 4.39 Å². The van der Waals surface area contributed by atoms with Crippen molar-refractivity contribution in [3.63, 3.8) is 0 Å². The molecule has 5 nitrogen and oxygen atoms in total. The highest BCUT2D eigenvalue weighted by atomic mass is 19.1. The number of aryl methyl sites for hydroxylation is 1. The maximum atomic E-state index is 13.2.